The van der Waals surface area contributed by atoms with Crippen LogP contribution in [0.25, 0.3) is 0 Å². The molecule has 1 rings (SSSR count). The van der Waals surface area contributed by atoms with Crippen LogP contribution in [0.4, 0.5) is 4.79 Å². The molecule has 39 heavy (non-hydrogen) atoms. The molecule has 222 valence electrons. The highest BCUT2D eigenvalue weighted by molar-refractivity contribution is 5.92. The molecule has 2 atom stereocenters. The Kier molecular flexibility index (Phi) is 13.5. The third-order valence-corrected chi connectivity index (χ3v) is 6.26. The van der Waals surface area contributed by atoms with Crippen LogP contribution in [-0.2, 0) is 14.3 Å². The third-order valence-electron chi connectivity index (χ3n) is 6.26. The van der Waals surface area contributed by atoms with Gasteiger partial charge in [0, 0.05) is 12.1 Å². The Morgan fingerprint density at radius 3 is 2.08 bits per heavy atom. The van der Waals surface area contributed by atoms with Gasteiger partial charge in [0.2, 0.25) is 11.8 Å². The molecule has 0 aliphatic heterocycles. The van der Waals surface area contributed by atoms with Crippen molar-refractivity contribution in [1.29, 1.82) is 0 Å². The van der Waals surface area contributed by atoms with Gasteiger partial charge in [0.1, 0.15) is 17.7 Å². The molecule has 2 unspecified atom stereocenters. The number of benzene rings is 1. The first-order valence-electron chi connectivity index (χ1n) is 14.6. The summed E-state index contributed by atoms with van der Waals surface area (Å²) in [6.07, 6.45) is 4.88. The van der Waals surface area contributed by atoms with E-state index in [0.29, 0.717) is 13.0 Å². The summed E-state index contributed by atoms with van der Waals surface area (Å²) in [6, 6.07) is 4.34. The number of amides is 3. The molecule has 2 N–H and O–H groups in total. The standard InChI is InChI=1S/C32H55N3O4/c1-12-13-14-15-16-19-35(29(37)26(20-22(2)3)33-30(38)39-32(9,10)11)27(28(36)34-31(6,7)8)25-18-17-23(4)21-24(25)5/h17-18,21-22,26-27H,12-16,19-20H2,1-11H3,(H,33,38)(H,34,36). The Bertz CT molecular complexity index is 944. The van der Waals surface area contributed by atoms with Crippen LogP contribution in [0, 0.1) is 19.8 Å². The first kappa shape index (κ1) is 34.5. The quantitative estimate of drug-likeness (QED) is 0.261. The molecule has 1 aromatic carbocycles. The molecule has 7 nitrogen and oxygen atoms in total. The molecule has 0 heterocycles. The van der Waals surface area contributed by atoms with Gasteiger partial charge in [0.05, 0.1) is 0 Å². The Morgan fingerprint density at radius 1 is 0.949 bits per heavy atom. The lowest BCUT2D eigenvalue weighted by Gasteiger charge is -2.37. The molecule has 0 fully saturated rings. The summed E-state index contributed by atoms with van der Waals surface area (Å²) in [6.45, 7) is 21.8. The Hall–Kier alpha value is -2.57. The minimum atomic E-state index is -0.821. The first-order chi connectivity index (χ1) is 17.9. The predicted octanol–water partition coefficient (Wildman–Crippen LogP) is 7.00. The maximum Gasteiger partial charge on any atom is 0.408 e. The summed E-state index contributed by atoms with van der Waals surface area (Å²) in [5.74, 6) is -0.348. The number of hydrogen-bond donors (Lipinski definition) is 2. The number of ether oxygens (including phenoxy) is 1. The van der Waals surface area contributed by atoms with E-state index in [1.165, 1.54) is 0 Å². The highest BCUT2D eigenvalue weighted by Gasteiger charge is 2.37. The second kappa shape index (κ2) is 15.3. The summed E-state index contributed by atoms with van der Waals surface area (Å²) >= 11 is 0. The van der Waals surface area contributed by atoms with Gasteiger partial charge in [-0.15, -0.1) is 0 Å². The van der Waals surface area contributed by atoms with Crippen molar-refractivity contribution >= 4 is 17.9 Å². The summed E-state index contributed by atoms with van der Waals surface area (Å²) in [5.41, 5.74) is 1.67. The van der Waals surface area contributed by atoms with Gasteiger partial charge in [-0.1, -0.05) is 70.2 Å². The number of nitrogens with one attached hydrogen (secondary N) is 2. The van der Waals surface area contributed by atoms with Gasteiger partial charge < -0.3 is 20.3 Å². The number of alkyl carbamates (subject to hydrolysis) is 1. The molecular weight excluding hydrogens is 490 g/mol. The Morgan fingerprint density at radius 2 is 1.56 bits per heavy atom. The zero-order valence-electron chi connectivity index (χ0n) is 26.5. The normalized spacial score (nSPS) is 13.5. The van der Waals surface area contributed by atoms with Gasteiger partial charge in [-0.25, -0.2) is 4.79 Å². The van der Waals surface area contributed by atoms with E-state index in [-0.39, 0.29) is 17.7 Å². The van der Waals surface area contributed by atoms with E-state index < -0.39 is 29.3 Å². The summed E-state index contributed by atoms with van der Waals surface area (Å²) in [5, 5.41) is 5.94. The van der Waals surface area contributed by atoms with Crippen molar-refractivity contribution in [2.45, 2.75) is 138 Å². The number of carbonyl (C=O) groups is 3. The maximum absolute atomic E-state index is 14.3. The SMILES string of the molecule is CCCCCCCN(C(=O)C(CC(C)C)NC(=O)OC(C)(C)C)C(C(=O)NC(C)(C)C)c1ccc(C)cc1C. The van der Waals surface area contributed by atoms with Gasteiger partial charge in [0.25, 0.3) is 0 Å². The van der Waals surface area contributed by atoms with E-state index in [1.807, 2.05) is 66.7 Å². The average molecular weight is 546 g/mol. The minimum Gasteiger partial charge on any atom is -0.444 e. The first-order valence-corrected chi connectivity index (χ1v) is 14.6. The zero-order chi connectivity index (χ0) is 30.0. The molecule has 0 aliphatic carbocycles. The van der Waals surface area contributed by atoms with E-state index in [4.69, 9.17) is 4.74 Å². The van der Waals surface area contributed by atoms with Crippen LogP contribution in [0.3, 0.4) is 0 Å². The van der Waals surface area contributed by atoms with Crippen molar-refractivity contribution < 1.29 is 19.1 Å². The number of aryl methyl sites for hydroxylation is 2. The van der Waals surface area contributed by atoms with Crippen molar-refractivity contribution in [2.75, 3.05) is 6.54 Å². The lowest BCUT2D eigenvalue weighted by molar-refractivity contribution is -0.143. The predicted molar refractivity (Wildman–Crippen MR) is 160 cm³/mol. The number of rotatable bonds is 13. The van der Waals surface area contributed by atoms with Gasteiger partial charge in [0.15, 0.2) is 0 Å². The smallest absolute Gasteiger partial charge is 0.408 e. The second-order valence-electron chi connectivity index (χ2n) is 13.3. The maximum atomic E-state index is 14.3. The molecule has 3 amide bonds. The molecule has 0 radical (unpaired) electrons. The molecule has 0 aliphatic rings. The molecule has 0 saturated carbocycles. The lowest BCUT2D eigenvalue weighted by Crippen LogP contribution is -2.55. The fourth-order valence-corrected chi connectivity index (χ4v) is 4.62. The summed E-state index contributed by atoms with van der Waals surface area (Å²) in [7, 11) is 0. The topological polar surface area (TPSA) is 87.7 Å². The largest absolute Gasteiger partial charge is 0.444 e. The molecule has 0 spiro atoms. The molecule has 7 heteroatoms. The van der Waals surface area contributed by atoms with Crippen LogP contribution in [0.1, 0.15) is 124 Å². The number of unbranched alkanes of at least 4 members (excludes halogenated alkanes) is 4. The molecule has 0 aromatic heterocycles. The average Bonchev–Trinajstić information content (AvgIpc) is 2.75. The molecular formula is C32H55N3O4. The summed E-state index contributed by atoms with van der Waals surface area (Å²) < 4.78 is 5.50. The molecule has 0 saturated heterocycles. The number of carbonyl (C=O) groups excluding carboxylic acids is 3. The Labute approximate surface area is 237 Å². The minimum absolute atomic E-state index is 0.142. The van der Waals surface area contributed by atoms with Gasteiger partial charge in [-0.3, -0.25) is 9.59 Å². The number of hydrogen-bond acceptors (Lipinski definition) is 4. The van der Waals surface area contributed by atoms with Crippen LogP contribution in [0.15, 0.2) is 18.2 Å². The van der Waals surface area contributed by atoms with Gasteiger partial charge >= 0.3 is 6.09 Å². The van der Waals surface area contributed by atoms with Crippen molar-refractivity contribution in [3.05, 3.63) is 34.9 Å². The second-order valence-corrected chi connectivity index (χ2v) is 13.3. The fourth-order valence-electron chi connectivity index (χ4n) is 4.62. The molecule has 0 bridgehead atoms. The van der Waals surface area contributed by atoms with Crippen molar-refractivity contribution in [3.8, 4) is 0 Å². The zero-order valence-corrected chi connectivity index (χ0v) is 26.5. The van der Waals surface area contributed by atoms with E-state index in [2.05, 4.69) is 17.6 Å². The summed E-state index contributed by atoms with van der Waals surface area (Å²) in [4.78, 5) is 42.7. The van der Waals surface area contributed by atoms with Crippen molar-refractivity contribution in [3.63, 3.8) is 0 Å². The number of nitrogens with zero attached hydrogens (tertiary/aromatic N) is 1. The van der Waals surface area contributed by atoms with Crippen LogP contribution < -0.4 is 10.6 Å². The van der Waals surface area contributed by atoms with Gasteiger partial charge in [-0.05, 0) is 85.3 Å². The van der Waals surface area contributed by atoms with Crippen LogP contribution in [-0.4, -0.2) is 46.5 Å². The van der Waals surface area contributed by atoms with Crippen LogP contribution >= 0.6 is 0 Å². The lowest BCUT2D eigenvalue weighted by atomic mass is 9.94. The van der Waals surface area contributed by atoms with E-state index in [0.717, 1.165) is 48.8 Å². The van der Waals surface area contributed by atoms with E-state index >= 15 is 0 Å². The highest BCUT2D eigenvalue weighted by Crippen LogP contribution is 2.28. The van der Waals surface area contributed by atoms with Gasteiger partial charge in [-0.2, -0.15) is 0 Å². The van der Waals surface area contributed by atoms with Crippen LogP contribution in [0.5, 0.6) is 0 Å². The van der Waals surface area contributed by atoms with Crippen molar-refractivity contribution in [2.24, 2.45) is 5.92 Å². The monoisotopic (exact) mass is 545 g/mol. The van der Waals surface area contributed by atoms with Crippen LogP contribution in [0.2, 0.25) is 0 Å². The third kappa shape index (κ3) is 12.9. The van der Waals surface area contributed by atoms with E-state index in [9.17, 15) is 14.4 Å². The fraction of sp³-hybridized carbons (Fsp3) is 0.719. The Balaban J connectivity index is 3.58. The van der Waals surface area contributed by atoms with E-state index in [1.54, 1.807) is 25.7 Å². The highest BCUT2D eigenvalue weighted by atomic mass is 16.6. The molecule has 1 aromatic rings. The van der Waals surface area contributed by atoms with Crippen molar-refractivity contribution in [1.82, 2.24) is 15.5 Å².